The number of benzene rings is 2. The fraction of sp³-hybridized carbons (Fsp3) is 0.250. The summed E-state index contributed by atoms with van der Waals surface area (Å²) in [5.41, 5.74) is 3.84. The number of thiocarbonyl (C=S) groups is 1. The smallest absolute Gasteiger partial charge is 0.186 e. The molecule has 0 heterocycles. The molecule has 110 valence electrons. The van der Waals surface area contributed by atoms with E-state index in [2.05, 4.69) is 40.1 Å². The molecule has 0 fully saturated rings. The standard InChI is InChI=1S/C16H19N3OS/c1-20-10-4-9-17-16(21)19-18-12-13-7-8-14-5-2-3-6-15(14)11-13/h2-3,5-8,11-12H,4,9-10H2,1H3,(H2,17,19,21). The highest BCUT2D eigenvalue weighted by Gasteiger charge is 1.94. The van der Waals surface area contributed by atoms with Crippen molar-refractivity contribution in [1.82, 2.24) is 10.7 Å². The Labute approximate surface area is 130 Å². The topological polar surface area (TPSA) is 45.6 Å². The first kappa shape index (κ1) is 15.4. The van der Waals surface area contributed by atoms with Crippen LogP contribution in [-0.4, -0.2) is 31.6 Å². The van der Waals surface area contributed by atoms with Crippen LogP contribution in [0.4, 0.5) is 0 Å². The molecule has 2 N–H and O–H groups in total. The van der Waals surface area contributed by atoms with Crippen molar-refractivity contribution in [3.8, 4) is 0 Å². The van der Waals surface area contributed by atoms with Crippen LogP contribution in [0.5, 0.6) is 0 Å². The number of hydrogen-bond acceptors (Lipinski definition) is 3. The predicted molar refractivity (Wildman–Crippen MR) is 91.8 cm³/mol. The molecule has 0 aliphatic rings. The number of ether oxygens (including phenoxy) is 1. The molecule has 5 heteroatoms. The van der Waals surface area contributed by atoms with Crippen molar-refractivity contribution in [2.24, 2.45) is 5.10 Å². The third-order valence-corrected chi connectivity index (χ3v) is 3.20. The molecule has 0 aromatic heterocycles. The van der Waals surface area contributed by atoms with Crippen LogP contribution in [0.3, 0.4) is 0 Å². The molecule has 0 aliphatic heterocycles. The van der Waals surface area contributed by atoms with Crippen LogP contribution < -0.4 is 10.7 Å². The van der Waals surface area contributed by atoms with Crippen molar-refractivity contribution in [2.45, 2.75) is 6.42 Å². The Kier molecular flexibility index (Phi) is 6.12. The first-order chi connectivity index (χ1) is 10.3. The highest BCUT2D eigenvalue weighted by Crippen LogP contribution is 2.14. The number of methoxy groups -OCH3 is 1. The Morgan fingerprint density at radius 3 is 2.86 bits per heavy atom. The summed E-state index contributed by atoms with van der Waals surface area (Å²) in [6.45, 7) is 1.49. The summed E-state index contributed by atoms with van der Waals surface area (Å²) in [7, 11) is 1.68. The maximum absolute atomic E-state index is 5.12. The highest BCUT2D eigenvalue weighted by molar-refractivity contribution is 7.80. The lowest BCUT2D eigenvalue weighted by Crippen LogP contribution is -2.33. The number of hydrogen-bond donors (Lipinski definition) is 2. The monoisotopic (exact) mass is 301 g/mol. The van der Waals surface area contributed by atoms with E-state index >= 15 is 0 Å². The van der Waals surface area contributed by atoms with Gasteiger partial charge in [0.15, 0.2) is 5.11 Å². The molecule has 2 rings (SSSR count). The van der Waals surface area contributed by atoms with Gasteiger partial charge in [-0.3, -0.25) is 5.43 Å². The molecule has 0 aliphatic carbocycles. The van der Waals surface area contributed by atoms with Gasteiger partial charge in [-0.15, -0.1) is 0 Å². The molecule has 21 heavy (non-hydrogen) atoms. The normalized spacial score (nSPS) is 10.9. The molecule has 0 bridgehead atoms. The highest BCUT2D eigenvalue weighted by atomic mass is 32.1. The van der Waals surface area contributed by atoms with Crippen molar-refractivity contribution in [3.63, 3.8) is 0 Å². The van der Waals surface area contributed by atoms with Gasteiger partial charge in [-0.05, 0) is 41.0 Å². The molecule has 0 amide bonds. The summed E-state index contributed by atoms with van der Waals surface area (Å²) >= 11 is 5.12. The molecule has 2 aromatic rings. The Morgan fingerprint density at radius 2 is 2.05 bits per heavy atom. The molecule has 0 atom stereocenters. The van der Waals surface area contributed by atoms with Crippen LogP contribution in [0.2, 0.25) is 0 Å². The average molecular weight is 301 g/mol. The lowest BCUT2D eigenvalue weighted by atomic mass is 10.1. The van der Waals surface area contributed by atoms with Crippen molar-refractivity contribution in [2.75, 3.05) is 20.3 Å². The van der Waals surface area contributed by atoms with Crippen LogP contribution >= 0.6 is 12.2 Å². The maximum Gasteiger partial charge on any atom is 0.186 e. The molecule has 2 aromatic carbocycles. The van der Waals surface area contributed by atoms with Gasteiger partial charge in [0.05, 0.1) is 6.21 Å². The quantitative estimate of drug-likeness (QED) is 0.373. The summed E-state index contributed by atoms with van der Waals surface area (Å²) in [6.07, 6.45) is 2.67. The van der Waals surface area contributed by atoms with Crippen LogP contribution in [0.25, 0.3) is 10.8 Å². The molecule has 0 saturated carbocycles. The molecule has 4 nitrogen and oxygen atoms in total. The van der Waals surface area contributed by atoms with Gasteiger partial charge in [-0.25, -0.2) is 0 Å². The van der Waals surface area contributed by atoms with Crippen LogP contribution in [0, 0.1) is 0 Å². The van der Waals surface area contributed by atoms with E-state index in [1.54, 1.807) is 13.3 Å². The zero-order chi connectivity index (χ0) is 14.9. The fourth-order valence-electron chi connectivity index (χ4n) is 1.91. The Balaban J connectivity index is 1.83. The van der Waals surface area contributed by atoms with E-state index in [0.29, 0.717) is 5.11 Å². The van der Waals surface area contributed by atoms with Crippen LogP contribution in [-0.2, 0) is 4.74 Å². The van der Waals surface area contributed by atoms with Gasteiger partial charge in [0.1, 0.15) is 0 Å². The van der Waals surface area contributed by atoms with E-state index in [-0.39, 0.29) is 0 Å². The molecule has 0 unspecified atom stereocenters. The summed E-state index contributed by atoms with van der Waals surface area (Å²) in [6, 6.07) is 14.4. The number of nitrogens with zero attached hydrogens (tertiary/aromatic N) is 1. The molecular weight excluding hydrogens is 282 g/mol. The number of hydrazone groups is 1. The SMILES string of the molecule is COCCCNC(=S)NN=Cc1ccc2ccccc2c1. The third kappa shape index (κ3) is 5.13. The van der Waals surface area contributed by atoms with Gasteiger partial charge < -0.3 is 10.1 Å². The van der Waals surface area contributed by atoms with Crippen LogP contribution in [0.15, 0.2) is 47.6 Å². The van der Waals surface area contributed by atoms with Gasteiger partial charge >= 0.3 is 0 Å². The molecule has 0 radical (unpaired) electrons. The Hall–Kier alpha value is -1.98. The molecular formula is C16H19N3OS. The minimum absolute atomic E-state index is 0.517. The summed E-state index contributed by atoms with van der Waals surface area (Å²) < 4.78 is 4.96. The second kappa shape index (κ2) is 8.34. The number of rotatable bonds is 6. The van der Waals surface area contributed by atoms with Gasteiger partial charge in [0, 0.05) is 20.3 Å². The average Bonchev–Trinajstić information content (AvgIpc) is 2.51. The Bertz CT molecular complexity index is 628. The molecule has 0 saturated heterocycles. The summed E-state index contributed by atoms with van der Waals surface area (Å²) in [4.78, 5) is 0. The molecule has 0 spiro atoms. The first-order valence-electron chi connectivity index (χ1n) is 6.84. The second-order valence-electron chi connectivity index (χ2n) is 4.58. The van der Waals surface area contributed by atoms with Gasteiger partial charge in [0.2, 0.25) is 0 Å². The fourth-order valence-corrected chi connectivity index (χ4v) is 2.07. The Morgan fingerprint density at radius 1 is 1.24 bits per heavy atom. The third-order valence-electron chi connectivity index (χ3n) is 2.96. The van der Waals surface area contributed by atoms with Crippen molar-refractivity contribution in [1.29, 1.82) is 0 Å². The van der Waals surface area contributed by atoms with Gasteiger partial charge in [0.25, 0.3) is 0 Å². The summed E-state index contributed by atoms with van der Waals surface area (Å²) in [5.74, 6) is 0. The van der Waals surface area contributed by atoms with Crippen molar-refractivity contribution < 1.29 is 4.74 Å². The maximum atomic E-state index is 5.12. The zero-order valence-electron chi connectivity index (χ0n) is 12.0. The van der Waals surface area contributed by atoms with E-state index in [9.17, 15) is 0 Å². The van der Waals surface area contributed by atoms with E-state index in [4.69, 9.17) is 17.0 Å². The minimum atomic E-state index is 0.517. The first-order valence-corrected chi connectivity index (χ1v) is 7.25. The van der Waals surface area contributed by atoms with E-state index in [0.717, 1.165) is 25.1 Å². The van der Waals surface area contributed by atoms with E-state index in [1.165, 1.54) is 10.8 Å². The number of fused-ring (bicyclic) bond motifs is 1. The minimum Gasteiger partial charge on any atom is -0.385 e. The van der Waals surface area contributed by atoms with Gasteiger partial charge in [-0.1, -0.05) is 36.4 Å². The lowest BCUT2D eigenvalue weighted by molar-refractivity contribution is 0.195. The van der Waals surface area contributed by atoms with Gasteiger partial charge in [-0.2, -0.15) is 5.10 Å². The lowest BCUT2D eigenvalue weighted by Gasteiger charge is -2.06. The summed E-state index contributed by atoms with van der Waals surface area (Å²) in [5, 5.41) is 10.1. The van der Waals surface area contributed by atoms with Crippen molar-refractivity contribution in [3.05, 3.63) is 48.0 Å². The van der Waals surface area contributed by atoms with Crippen LogP contribution in [0.1, 0.15) is 12.0 Å². The zero-order valence-corrected chi connectivity index (χ0v) is 12.8. The van der Waals surface area contributed by atoms with E-state index in [1.807, 2.05) is 18.2 Å². The van der Waals surface area contributed by atoms with Crippen molar-refractivity contribution >= 4 is 34.3 Å². The predicted octanol–water partition coefficient (Wildman–Crippen LogP) is 2.67. The van der Waals surface area contributed by atoms with E-state index < -0.39 is 0 Å². The second-order valence-corrected chi connectivity index (χ2v) is 4.99. The largest absolute Gasteiger partial charge is 0.385 e. The number of nitrogens with one attached hydrogen (secondary N) is 2.